The van der Waals surface area contributed by atoms with E-state index in [1.807, 2.05) is 0 Å². The van der Waals surface area contributed by atoms with Crippen molar-refractivity contribution in [3.63, 3.8) is 0 Å². The second-order valence-electron chi connectivity index (χ2n) is 5.81. The van der Waals surface area contributed by atoms with Crippen LogP contribution in [0.25, 0.3) is 6.08 Å². The van der Waals surface area contributed by atoms with E-state index in [1.54, 1.807) is 37.2 Å². The van der Waals surface area contributed by atoms with Gasteiger partial charge in [0.2, 0.25) is 0 Å². The van der Waals surface area contributed by atoms with Crippen LogP contribution in [0.1, 0.15) is 31.4 Å². The number of nitrogens with one attached hydrogen (secondary N) is 1. The first-order chi connectivity index (χ1) is 13.2. The molecule has 0 aromatic carbocycles. The minimum Gasteiger partial charge on any atom is -0.465 e. The molecule has 0 fully saturated rings. The highest BCUT2D eigenvalue weighted by molar-refractivity contribution is 7.18. The number of ether oxygens (including phenoxy) is 1. The van der Waals surface area contributed by atoms with Crippen LogP contribution in [0.15, 0.2) is 22.1 Å². The summed E-state index contributed by atoms with van der Waals surface area (Å²) < 4.78 is 10.2. The number of hydrogen-bond acceptors (Lipinski definition) is 8. The minimum atomic E-state index is -0.771. The van der Waals surface area contributed by atoms with E-state index in [1.165, 1.54) is 20.1 Å². The van der Waals surface area contributed by atoms with Gasteiger partial charge in [-0.3, -0.25) is 9.59 Å². The number of esters is 1. The van der Waals surface area contributed by atoms with Crippen LogP contribution in [0.3, 0.4) is 0 Å². The van der Waals surface area contributed by atoms with Crippen molar-refractivity contribution >= 4 is 46.1 Å². The van der Waals surface area contributed by atoms with Gasteiger partial charge < -0.3 is 25.1 Å². The Balaban J connectivity index is 2.38. The molecule has 0 aliphatic carbocycles. The first kappa shape index (κ1) is 20.7. The van der Waals surface area contributed by atoms with Crippen LogP contribution in [0.2, 0.25) is 0 Å². The Labute approximate surface area is 165 Å². The standard InChI is InChI=1S/C18H18N4O5S/c1-9-13(18(25)26-4)17(28-14(9)15(20)23)21-16(24)10(8-19)7-11-5-6-12(27-11)22(2)3/h5-7H,1-4H3,(H2,20,23)(H,21,24)/b10-7+. The number of methoxy groups -OCH3 is 1. The molecule has 0 bridgehead atoms. The normalized spacial score (nSPS) is 10.9. The molecule has 2 rings (SSSR count). The van der Waals surface area contributed by atoms with Crippen molar-refractivity contribution in [2.24, 2.45) is 5.73 Å². The Bertz CT molecular complexity index is 1010. The second-order valence-corrected chi connectivity index (χ2v) is 6.83. The molecular weight excluding hydrogens is 384 g/mol. The summed E-state index contributed by atoms with van der Waals surface area (Å²) >= 11 is 0.834. The number of carbonyl (C=O) groups excluding carboxylic acids is 3. The number of nitrogens with two attached hydrogens (primary N) is 1. The van der Waals surface area contributed by atoms with Crippen LogP contribution in [0.5, 0.6) is 0 Å². The van der Waals surface area contributed by atoms with Crippen LogP contribution in [0, 0.1) is 18.3 Å². The van der Waals surface area contributed by atoms with Gasteiger partial charge in [-0.05, 0) is 18.6 Å². The summed E-state index contributed by atoms with van der Waals surface area (Å²) in [4.78, 5) is 38.0. The molecule has 10 heteroatoms. The number of carbonyl (C=O) groups is 3. The Morgan fingerprint density at radius 1 is 1.36 bits per heavy atom. The van der Waals surface area contributed by atoms with Gasteiger partial charge in [-0.15, -0.1) is 11.3 Å². The van der Waals surface area contributed by atoms with Crippen molar-refractivity contribution in [1.82, 2.24) is 0 Å². The van der Waals surface area contributed by atoms with Crippen LogP contribution in [0.4, 0.5) is 10.9 Å². The third kappa shape index (κ3) is 4.21. The fourth-order valence-corrected chi connectivity index (χ4v) is 3.35. The predicted octanol–water partition coefficient (Wildman–Crippen LogP) is 2.15. The Kier molecular flexibility index (Phi) is 6.22. The summed E-state index contributed by atoms with van der Waals surface area (Å²) in [6.07, 6.45) is 1.27. The first-order valence-electron chi connectivity index (χ1n) is 7.91. The Morgan fingerprint density at radius 2 is 2.04 bits per heavy atom. The highest BCUT2D eigenvalue weighted by atomic mass is 32.1. The lowest BCUT2D eigenvalue weighted by Gasteiger charge is -2.06. The molecular formula is C18H18N4O5S. The second kappa shape index (κ2) is 8.41. The van der Waals surface area contributed by atoms with Crippen molar-refractivity contribution < 1.29 is 23.5 Å². The van der Waals surface area contributed by atoms with E-state index < -0.39 is 17.8 Å². The molecule has 0 saturated carbocycles. The van der Waals surface area contributed by atoms with Crippen molar-refractivity contribution in [2.45, 2.75) is 6.92 Å². The SMILES string of the molecule is COC(=O)c1c(NC(=O)/C(C#N)=C/c2ccc(N(C)C)o2)sc(C(N)=O)c1C. The summed E-state index contributed by atoms with van der Waals surface area (Å²) in [5.41, 5.74) is 5.37. The van der Waals surface area contributed by atoms with Crippen LogP contribution in [-0.2, 0) is 9.53 Å². The number of amides is 2. The van der Waals surface area contributed by atoms with Crippen molar-refractivity contribution in [1.29, 1.82) is 5.26 Å². The number of anilines is 2. The van der Waals surface area contributed by atoms with E-state index >= 15 is 0 Å². The van der Waals surface area contributed by atoms with Crippen molar-refractivity contribution in [2.75, 3.05) is 31.4 Å². The smallest absolute Gasteiger partial charge is 0.341 e. The molecule has 0 aliphatic rings. The molecule has 2 heterocycles. The van der Waals surface area contributed by atoms with E-state index in [4.69, 9.17) is 14.9 Å². The van der Waals surface area contributed by atoms with Gasteiger partial charge in [-0.1, -0.05) is 0 Å². The maximum absolute atomic E-state index is 12.5. The van der Waals surface area contributed by atoms with Crippen molar-refractivity contribution in [3.05, 3.63) is 39.5 Å². The van der Waals surface area contributed by atoms with Gasteiger partial charge in [0, 0.05) is 26.2 Å². The van der Waals surface area contributed by atoms with Crippen molar-refractivity contribution in [3.8, 4) is 6.07 Å². The fraction of sp³-hybridized carbons (Fsp3) is 0.222. The van der Waals surface area contributed by atoms with E-state index in [0.717, 1.165) is 11.3 Å². The number of rotatable bonds is 6. The molecule has 9 nitrogen and oxygen atoms in total. The fourth-order valence-electron chi connectivity index (χ4n) is 2.31. The van der Waals surface area contributed by atoms with E-state index in [9.17, 15) is 19.6 Å². The topological polar surface area (TPSA) is 139 Å². The monoisotopic (exact) mass is 402 g/mol. The molecule has 3 N–H and O–H groups in total. The molecule has 146 valence electrons. The molecule has 2 aromatic rings. The zero-order valence-electron chi connectivity index (χ0n) is 15.7. The highest BCUT2D eigenvalue weighted by Crippen LogP contribution is 2.33. The molecule has 0 radical (unpaired) electrons. The predicted molar refractivity (Wildman–Crippen MR) is 104 cm³/mol. The van der Waals surface area contributed by atoms with Gasteiger partial charge in [0.1, 0.15) is 22.4 Å². The van der Waals surface area contributed by atoms with E-state index in [2.05, 4.69) is 5.32 Å². The molecule has 0 atom stereocenters. The lowest BCUT2D eigenvalue weighted by atomic mass is 10.1. The number of hydrogen-bond donors (Lipinski definition) is 2. The number of nitriles is 1. The van der Waals surface area contributed by atoms with Gasteiger partial charge in [0.15, 0.2) is 5.88 Å². The number of nitrogens with zero attached hydrogens (tertiary/aromatic N) is 2. The maximum atomic E-state index is 12.5. The van der Waals surface area contributed by atoms with Crippen LogP contribution in [-0.4, -0.2) is 39.0 Å². The van der Waals surface area contributed by atoms with E-state index in [0.29, 0.717) is 17.2 Å². The van der Waals surface area contributed by atoms with Gasteiger partial charge in [0.25, 0.3) is 11.8 Å². The zero-order chi connectivity index (χ0) is 21.0. The quantitative estimate of drug-likeness (QED) is 0.429. The third-order valence-corrected chi connectivity index (χ3v) is 4.91. The summed E-state index contributed by atoms with van der Waals surface area (Å²) in [5.74, 6) is -1.38. The molecule has 0 spiro atoms. The molecule has 2 amide bonds. The lowest BCUT2D eigenvalue weighted by molar-refractivity contribution is -0.112. The number of primary amides is 1. The summed E-state index contributed by atoms with van der Waals surface area (Å²) in [5, 5.41) is 11.9. The lowest BCUT2D eigenvalue weighted by Crippen LogP contribution is -2.15. The molecule has 28 heavy (non-hydrogen) atoms. The molecule has 2 aromatic heterocycles. The van der Waals surface area contributed by atoms with Gasteiger partial charge in [0.05, 0.1) is 17.6 Å². The summed E-state index contributed by atoms with van der Waals surface area (Å²) in [7, 11) is 4.75. The largest absolute Gasteiger partial charge is 0.465 e. The molecule has 0 unspecified atom stereocenters. The number of thiophene rings is 1. The third-order valence-electron chi connectivity index (χ3n) is 3.69. The van der Waals surface area contributed by atoms with Gasteiger partial charge in [-0.2, -0.15) is 5.26 Å². The zero-order valence-corrected chi connectivity index (χ0v) is 16.5. The van der Waals surface area contributed by atoms with Crippen LogP contribution < -0.4 is 16.0 Å². The maximum Gasteiger partial charge on any atom is 0.341 e. The molecule has 0 aliphatic heterocycles. The number of furan rings is 1. The average molecular weight is 402 g/mol. The van der Waals surface area contributed by atoms with E-state index in [-0.39, 0.29) is 21.0 Å². The van der Waals surface area contributed by atoms with Gasteiger partial charge in [-0.25, -0.2) is 4.79 Å². The minimum absolute atomic E-state index is 0.0137. The Morgan fingerprint density at radius 3 is 2.54 bits per heavy atom. The molecule has 0 saturated heterocycles. The summed E-state index contributed by atoms with van der Waals surface area (Å²) in [6.45, 7) is 1.52. The summed E-state index contributed by atoms with van der Waals surface area (Å²) in [6, 6.07) is 5.09. The average Bonchev–Trinajstić information content (AvgIpc) is 3.23. The van der Waals surface area contributed by atoms with Gasteiger partial charge >= 0.3 is 5.97 Å². The first-order valence-corrected chi connectivity index (χ1v) is 8.73. The van der Waals surface area contributed by atoms with Crippen LogP contribution >= 0.6 is 11.3 Å². The highest BCUT2D eigenvalue weighted by Gasteiger charge is 2.26. The Hall–Kier alpha value is -3.58.